The Kier molecular flexibility index (Phi) is 5.80. The number of phenolic OH excluding ortho intramolecular Hbond substituents is 1. The average Bonchev–Trinajstić information content (AvgIpc) is 2.83. The maximum atomic E-state index is 13.0. The number of hydrogen-bond donors (Lipinski definition) is 2. The number of fused-ring (bicyclic) bond motifs is 1. The molecule has 4 aromatic rings. The van der Waals surface area contributed by atoms with E-state index in [0.29, 0.717) is 16.5 Å². The number of hydrogen-bond acceptors (Lipinski definition) is 8. The lowest BCUT2D eigenvalue weighted by atomic mass is 10.0. The maximum Gasteiger partial charge on any atom is 0.360 e. The van der Waals surface area contributed by atoms with Crippen LogP contribution < -0.4 is 5.32 Å². The van der Waals surface area contributed by atoms with E-state index in [0.717, 1.165) is 0 Å². The van der Waals surface area contributed by atoms with Crippen LogP contribution >= 0.6 is 0 Å². The molecule has 158 valence electrons. The van der Waals surface area contributed by atoms with Gasteiger partial charge in [0.05, 0.1) is 12.7 Å². The monoisotopic (exact) mass is 427 g/mol. The number of nitrogens with one attached hydrogen (secondary N) is 1. The van der Waals surface area contributed by atoms with Gasteiger partial charge < -0.3 is 15.2 Å². The van der Waals surface area contributed by atoms with Gasteiger partial charge in [-0.1, -0.05) is 42.5 Å². The van der Waals surface area contributed by atoms with Gasteiger partial charge in [-0.25, -0.2) is 14.8 Å². The van der Waals surface area contributed by atoms with E-state index in [4.69, 9.17) is 0 Å². The molecule has 1 aromatic heterocycles. The zero-order valence-electron chi connectivity index (χ0n) is 16.9. The smallest absolute Gasteiger partial charge is 0.360 e. The molecular formula is C23H17N5O4. The Morgan fingerprint density at radius 3 is 2.47 bits per heavy atom. The predicted molar refractivity (Wildman–Crippen MR) is 118 cm³/mol. The Bertz CT molecular complexity index is 1340. The molecule has 0 spiro atoms. The van der Waals surface area contributed by atoms with Crippen molar-refractivity contribution in [2.45, 2.75) is 0 Å². The number of rotatable bonds is 5. The second-order valence-electron chi connectivity index (χ2n) is 6.58. The number of aromatic hydroxyl groups is 1. The molecule has 0 aliphatic rings. The van der Waals surface area contributed by atoms with Gasteiger partial charge in [0.25, 0.3) is 5.91 Å². The minimum atomic E-state index is -0.724. The molecule has 3 aromatic carbocycles. The van der Waals surface area contributed by atoms with Crippen molar-refractivity contribution in [1.82, 2.24) is 9.97 Å². The van der Waals surface area contributed by atoms with Crippen LogP contribution in [0.25, 0.3) is 10.8 Å². The first kappa shape index (κ1) is 20.6. The standard InChI is InChI=1S/C23H17N5O4/c1-32-23(31)19-21(25-12-11-24-19)28-27-17-13-14-7-5-6-10-16(14)18(20(17)29)22(30)26-15-8-3-2-4-9-15/h2-13,29H,1H3,(H,26,30)/b28-27+. The van der Waals surface area contributed by atoms with Crippen molar-refractivity contribution in [3.05, 3.63) is 84.3 Å². The summed E-state index contributed by atoms with van der Waals surface area (Å²) in [5.74, 6) is -1.67. The third kappa shape index (κ3) is 4.12. The lowest BCUT2D eigenvalue weighted by molar-refractivity contribution is 0.0594. The molecule has 0 unspecified atom stereocenters. The van der Waals surface area contributed by atoms with Crippen LogP contribution in [0.3, 0.4) is 0 Å². The minimum absolute atomic E-state index is 0.0309. The number of azo groups is 1. The molecular weight excluding hydrogens is 410 g/mol. The molecule has 9 heteroatoms. The molecule has 0 saturated carbocycles. The van der Waals surface area contributed by atoms with Gasteiger partial charge >= 0.3 is 5.97 Å². The number of phenols is 1. The van der Waals surface area contributed by atoms with Crippen LogP contribution in [0.2, 0.25) is 0 Å². The van der Waals surface area contributed by atoms with Crippen molar-refractivity contribution in [2.24, 2.45) is 10.2 Å². The van der Waals surface area contributed by atoms with E-state index in [1.165, 1.54) is 19.5 Å². The number of aromatic nitrogens is 2. The maximum absolute atomic E-state index is 13.0. The summed E-state index contributed by atoms with van der Waals surface area (Å²) in [7, 11) is 1.21. The van der Waals surface area contributed by atoms with E-state index >= 15 is 0 Å². The van der Waals surface area contributed by atoms with Crippen molar-refractivity contribution in [3.8, 4) is 5.75 Å². The molecule has 0 saturated heterocycles. The highest BCUT2D eigenvalue weighted by molar-refractivity contribution is 6.16. The van der Waals surface area contributed by atoms with Crippen molar-refractivity contribution < 1.29 is 19.4 Å². The van der Waals surface area contributed by atoms with Crippen LogP contribution in [0.1, 0.15) is 20.8 Å². The molecule has 0 radical (unpaired) electrons. The van der Waals surface area contributed by atoms with Gasteiger partial charge in [-0.05, 0) is 29.0 Å². The first-order chi connectivity index (χ1) is 15.6. The van der Waals surface area contributed by atoms with E-state index in [-0.39, 0.29) is 28.5 Å². The molecule has 1 heterocycles. The van der Waals surface area contributed by atoms with Gasteiger partial charge in [0.2, 0.25) is 5.82 Å². The number of anilines is 1. The number of para-hydroxylation sites is 1. The largest absolute Gasteiger partial charge is 0.505 e. The van der Waals surface area contributed by atoms with Gasteiger partial charge in [0, 0.05) is 18.1 Å². The third-order valence-corrected chi connectivity index (χ3v) is 4.57. The van der Waals surface area contributed by atoms with Crippen molar-refractivity contribution in [3.63, 3.8) is 0 Å². The van der Waals surface area contributed by atoms with E-state index in [1.807, 2.05) is 6.07 Å². The van der Waals surface area contributed by atoms with Gasteiger partial charge in [-0.2, -0.15) is 0 Å². The summed E-state index contributed by atoms with van der Waals surface area (Å²) in [5, 5.41) is 22.9. The molecule has 0 aliphatic carbocycles. The van der Waals surface area contributed by atoms with Gasteiger partial charge in [0.15, 0.2) is 11.4 Å². The summed E-state index contributed by atoms with van der Waals surface area (Å²) in [5.41, 5.74) is 0.535. The highest BCUT2D eigenvalue weighted by Gasteiger charge is 2.20. The van der Waals surface area contributed by atoms with Crippen LogP contribution in [-0.4, -0.2) is 34.1 Å². The minimum Gasteiger partial charge on any atom is -0.505 e. The van der Waals surface area contributed by atoms with Crippen molar-refractivity contribution in [2.75, 3.05) is 12.4 Å². The number of nitrogens with zero attached hydrogens (tertiary/aromatic N) is 4. The Hall–Kier alpha value is -4.66. The zero-order valence-corrected chi connectivity index (χ0v) is 16.9. The number of ether oxygens (including phenoxy) is 1. The summed E-state index contributed by atoms with van der Waals surface area (Å²) in [6.07, 6.45) is 2.67. The van der Waals surface area contributed by atoms with Crippen LogP contribution in [0.4, 0.5) is 17.2 Å². The molecule has 2 N–H and O–H groups in total. The number of benzene rings is 3. The molecule has 32 heavy (non-hydrogen) atoms. The fraction of sp³-hybridized carbons (Fsp3) is 0.0435. The van der Waals surface area contributed by atoms with E-state index in [1.54, 1.807) is 54.6 Å². The van der Waals surface area contributed by atoms with Crippen LogP contribution in [0, 0.1) is 0 Å². The number of amides is 1. The van der Waals surface area contributed by atoms with Crippen molar-refractivity contribution in [1.29, 1.82) is 0 Å². The highest BCUT2D eigenvalue weighted by Crippen LogP contribution is 2.38. The van der Waals surface area contributed by atoms with Crippen LogP contribution in [-0.2, 0) is 4.74 Å². The third-order valence-electron chi connectivity index (χ3n) is 4.57. The first-order valence-corrected chi connectivity index (χ1v) is 9.50. The molecule has 1 amide bonds. The van der Waals surface area contributed by atoms with Crippen molar-refractivity contribution >= 4 is 39.8 Å². The SMILES string of the molecule is COC(=O)c1nccnc1/N=N/c1cc2ccccc2c(C(=O)Nc2ccccc2)c1O. The van der Waals surface area contributed by atoms with E-state index in [9.17, 15) is 14.7 Å². The zero-order chi connectivity index (χ0) is 22.5. The molecule has 0 atom stereocenters. The average molecular weight is 427 g/mol. The van der Waals surface area contributed by atoms with Gasteiger partial charge in [-0.3, -0.25) is 4.79 Å². The van der Waals surface area contributed by atoms with Gasteiger partial charge in [-0.15, -0.1) is 10.2 Å². The second-order valence-corrected chi connectivity index (χ2v) is 6.58. The highest BCUT2D eigenvalue weighted by atomic mass is 16.5. The molecule has 9 nitrogen and oxygen atoms in total. The molecule has 4 rings (SSSR count). The lowest BCUT2D eigenvalue weighted by Gasteiger charge is -2.12. The summed E-state index contributed by atoms with van der Waals surface area (Å²) >= 11 is 0. The number of methoxy groups -OCH3 is 1. The van der Waals surface area contributed by atoms with Crippen LogP contribution in [0.15, 0.2) is 83.3 Å². The lowest BCUT2D eigenvalue weighted by Crippen LogP contribution is -2.12. The van der Waals surface area contributed by atoms with Gasteiger partial charge in [0.1, 0.15) is 5.69 Å². The molecule has 0 aliphatic heterocycles. The first-order valence-electron chi connectivity index (χ1n) is 9.50. The second kappa shape index (κ2) is 9.00. The number of carbonyl (C=O) groups excluding carboxylic acids is 2. The Balaban J connectivity index is 1.79. The summed E-state index contributed by atoms with van der Waals surface area (Å²) in [4.78, 5) is 32.8. The molecule has 0 fully saturated rings. The topological polar surface area (TPSA) is 126 Å². The Morgan fingerprint density at radius 1 is 0.969 bits per heavy atom. The fourth-order valence-electron chi connectivity index (χ4n) is 3.09. The molecule has 0 bridgehead atoms. The predicted octanol–water partition coefficient (Wildman–Crippen LogP) is 4.79. The Labute approximate surface area is 182 Å². The quantitative estimate of drug-likeness (QED) is 0.348. The van der Waals surface area contributed by atoms with Crippen LogP contribution in [0.5, 0.6) is 5.75 Å². The summed E-state index contributed by atoms with van der Waals surface area (Å²) < 4.78 is 4.67. The normalized spacial score (nSPS) is 10.9. The number of carbonyl (C=O) groups is 2. The van der Waals surface area contributed by atoms with E-state index in [2.05, 4.69) is 30.3 Å². The van der Waals surface area contributed by atoms with E-state index < -0.39 is 11.9 Å². The number of esters is 1. The summed E-state index contributed by atoms with van der Waals surface area (Å²) in [6.45, 7) is 0. The Morgan fingerprint density at radius 2 is 1.69 bits per heavy atom. The fourth-order valence-corrected chi connectivity index (χ4v) is 3.09. The summed E-state index contributed by atoms with van der Waals surface area (Å²) in [6, 6.07) is 17.6.